The molecule has 0 bridgehead atoms. The molecule has 0 spiro atoms. The van der Waals surface area contributed by atoms with Crippen LogP contribution in [0.4, 0.5) is 5.69 Å². The third-order valence-corrected chi connectivity index (χ3v) is 5.96. The van der Waals surface area contributed by atoms with E-state index in [2.05, 4.69) is 5.32 Å². The van der Waals surface area contributed by atoms with Gasteiger partial charge in [-0.15, -0.1) is 0 Å². The van der Waals surface area contributed by atoms with E-state index < -0.39 is 42.3 Å². The van der Waals surface area contributed by atoms with Crippen LogP contribution in [-0.4, -0.2) is 41.2 Å². The molecule has 3 rings (SSSR count). The fraction of sp³-hybridized carbons (Fsp3) is 0.273. The zero-order valence-electron chi connectivity index (χ0n) is 17.2. The van der Waals surface area contributed by atoms with E-state index in [1.807, 2.05) is 6.92 Å². The van der Waals surface area contributed by atoms with E-state index in [-0.39, 0.29) is 26.9 Å². The normalized spacial score (nSPS) is 14.7. The van der Waals surface area contributed by atoms with Crippen LogP contribution in [0.5, 0.6) is 0 Å². The molecule has 1 heterocycles. The van der Waals surface area contributed by atoms with Crippen molar-refractivity contribution < 1.29 is 23.9 Å². The van der Waals surface area contributed by atoms with Gasteiger partial charge in [-0.3, -0.25) is 19.3 Å². The quantitative estimate of drug-likeness (QED) is 0.436. The minimum Gasteiger partial charge on any atom is -0.454 e. The molecule has 1 N–H and O–H groups in total. The van der Waals surface area contributed by atoms with Crippen molar-refractivity contribution in [2.24, 2.45) is 5.92 Å². The predicted octanol–water partition coefficient (Wildman–Crippen LogP) is 4.84. The molecule has 1 aliphatic heterocycles. The first kappa shape index (κ1) is 24.0. The highest BCUT2D eigenvalue weighted by Crippen LogP contribution is 2.33. The molecule has 168 valence electrons. The smallest absolute Gasteiger partial charge is 0.330 e. The highest BCUT2D eigenvalue weighted by atomic mass is 35.5. The van der Waals surface area contributed by atoms with Crippen molar-refractivity contribution in [1.29, 1.82) is 0 Å². The molecule has 2 aromatic carbocycles. The lowest BCUT2D eigenvalue weighted by atomic mass is 9.97. The summed E-state index contributed by atoms with van der Waals surface area (Å²) < 4.78 is 5.16. The number of nitrogens with zero attached hydrogens (tertiary/aromatic N) is 1. The van der Waals surface area contributed by atoms with Crippen LogP contribution in [0, 0.1) is 5.92 Å². The van der Waals surface area contributed by atoms with Crippen LogP contribution in [0.3, 0.4) is 0 Å². The van der Waals surface area contributed by atoms with Crippen LogP contribution < -0.4 is 5.32 Å². The third-order valence-electron chi connectivity index (χ3n) is 5.14. The Balaban J connectivity index is 1.74. The van der Waals surface area contributed by atoms with Crippen molar-refractivity contribution in [1.82, 2.24) is 4.90 Å². The van der Waals surface area contributed by atoms with Crippen LogP contribution in [-0.2, 0) is 14.3 Å². The Morgan fingerprint density at radius 2 is 1.56 bits per heavy atom. The number of nitrogens with one attached hydrogen (secondary N) is 1. The van der Waals surface area contributed by atoms with Crippen LogP contribution in [0.2, 0.25) is 15.1 Å². The van der Waals surface area contributed by atoms with Crippen molar-refractivity contribution in [2.45, 2.75) is 26.3 Å². The number of carbonyl (C=O) groups excluding carboxylic acids is 4. The molecular weight excluding hydrogens is 479 g/mol. The highest BCUT2D eigenvalue weighted by Gasteiger charge is 2.45. The number of ether oxygens (including phenoxy) is 1. The van der Waals surface area contributed by atoms with E-state index in [4.69, 9.17) is 39.5 Å². The number of hydrogen-bond acceptors (Lipinski definition) is 5. The molecule has 1 aliphatic rings. The summed E-state index contributed by atoms with van der Waals surface area (Å²) >= 11 is 17.9. The van der Waals surface area contributed by atoms with Gasteiger partial charge < -0.3 is 10.1 Å². The monoisotopic (exact) mass is 496 g/mol. The molecule has 2 unspecified atom stereocenters. The van der Waals surface area contributed by atoms with Gasteiger partial charge in [0.25, 0.3) is 17.7 Å². The second-order valence-corrected chi connectivity index (χ2v) is 8.51. The van der Waals surface area contributed by atoms with Gasteiger partial charge in [0, 0.05) is 5.02 Å². The van der Waals surface area contributed by atoms with Gasteiger partial charge in [0.05, 0.1) is 26.9 Å². The number of rotatable bonds is 7. The van der Waals surface area contributed by atoms with E-state index in [9.17, 15) is 19.2 Å². The minimum absolute atomic E-state index is 0.116. The molecule has 7 nitrogen and oxygen atoms in total. The zero-order valence-corrected chi connectivity index (χ0v) is 19.4. The van der Waals surface area contributed by atoms with Crippen molar-refractivity contribution in [3.8, 4) is 0 Å². The summed E-state index contributed by atoms with van der Waals surface area (Å²) in [5.74, 6) is -3.10. The first-order valence-electron chi connectivity index (χ1n) is 9.73. The standard InChI is InChI=1S/C22H19Cl3N2O5/c1-3-11(2)19(27-20(29)13-6-4-5-7-14(13)21(27)30)22(31)32-10-17(28)26-18-15(24)8-12(23)9-16(18)25/h4-9,11,19H,3,10H2,1-2H3,(H,26,28). The second-order valence-electron chi connectivity index (χ2n) is 7.26. The van der Waals surface area contributed by atoms with Gasteiger partial charge in [0.15, 0.2) is 6.61 Å². The Morgan fingerprint density at radius 1 is 1.03 bits per heavy atom. The van der Waals surface area contributed by atoms with Crippen molar-refractivity contribution in [3.63, 3.8) is 0 Å². The maximum Gasteiger partial charge on any atom is 0.330 e. The number of fused-ring (bicyclic) bond motifs is 1. The van der Waals surface area contributed by atoms with Gasteiger partial charge in [0.1, 0.15) is 6.04 Å². The molecule has 0 radical (unpaired) electrons. The molecule has 0 saturated heterocycles. The number of carbonyl (C=O) groups is 4. The van der Waals surface area contributed by atoms with Gasteiger partial charge in [-0.25, -0.2) is 4.79 Å². The van der Waals surface area contributed by atoms with Gasteiger partial charge in [0.2, 0.25) is 0 Å². The number of benzene rings is 2. The number of amides is 3. The first-order valence-corrected chi connectivity index (χ1v) is 10.9. The predicted molar refractivity (Wildman–Crippen MR) is 121 cm³/mol. The zero-order chi connectivity index (χ0) is 23.6. The molecule has 3 amide bonds. The molecule has 0 fully saturated rings. The summed E-state index contributed by atoms with van der Waals surface area (Å²) in [6.45, 7) is 2.88. The lowest BCUT2D eigenvalue weighted by molar-refractivity contribution is -0.152. The number of anilines is 1. The van der Waals surface area contributed by atoms with Crippen LogP contribution in [0.1, 0.15) is 41.0 Å². The summed E-state index contributed by atoms with van der Waals surface area (Å²) in [6.07, 6.45) is 0.495. The van der Waals surface area contributed by atoms with E-state index in [0.29, 0.717) is 11.4 Å². The average molecular weight is 498 g/mol. The molecule has 0 aliphatic carbocycles. The van der Waals surface area contributed by atoms with Gasteiger partial charge in [-0.2, -0.15) is 0 Å². The Bertz CT molecular complexity index is 1050. The SMILES string of the molecule is CCC(C)C(C(=O)OCC(=O)Nc1c(Cl)cc(Cl)cc1Cl)N1C(=O)c2ccccc2C1=O. The third kappa shape index (κ3) is 4.75. The number of imide groups is 1. The molecular formula is C22H19Cl3N2O5. The first-order chi connectivity index (χ1) is 15.1. The van der Waals surface area contributed by atoms with Gasteiger partial charge in [-0.1, -0.05) is 67.2 Å². The maximum absolute atomic E-state index is 12.9. The summed E-state index contributed by atoms with van der Waals surface area (Å²) in [6, 6.07) is 7.96. The Hall–Kier alpha value is -2.61. The fourth-order valence-corrected chi connectivity index (χ4v) is 4.25. The molecule has 2 aromatic rings. The average Bonchev–Trinajstić information content (AvgIpc) is 3.00. The van der Waals surface area contributed by atoms with Crippen molar-refractivity contribution in [3.05, 3.63) is 62.6 Å². The lowest BCUT2D eigenvalue weighted by Gasteiger charge is -2.28. The summed E-state index contributed by atoms with van der Waals surface area (Å²) in [4.78, 5) is 51.8. The second kappa shape index (κ2) is 9.90. The van der Waals surface area contributed by atoms with Crippen LogP contribution in [0.15, 0.2) is 36.4 Å². The molecule has 2 atom stereocenters. The largest absolute Gasteiger partial charge is 0.454 e. The summed E-state index contributed by atoms with van der Waals surface area (Å²) in [7, 11) is 0. The van der Waals surface area contributed by atoms with E-state index in [1.54, 1.807) is 19.1 Å². The number of hydrogen-bond donors (Lipinski definition) is 1. The van der Waals surface area contributed by atoms with Gasteiger partial charge in [-0.05, 0) is 30.2 Å². The maximum atomic E-state index is 12.9. The Kier molecular flexibility index (Phi) is 7.44. The minimum atomic E-state index is -1.18. The topological polar surface area (TPSA) is 92.8 Å². The number of esters is 1. The molecule has 0 aromatic heterocycles. The van der Waals surface area contributed by atoms with Crippen molar-refractivity contribution >= 4 is 64.2 Å². The molecule has 0 saturated carbocycles. The van der Waals surface area contributed by atoms with E-state index in [1.165, 1.54) is 24.3 Å². The molecule has 32 heavy (non-hydrogen) atoms. The Morgan fingerprint density at radius 3 is 2.06 bits per heavy atom. The fourth-order valence-electron chi connectivity index (χ4n) is 3.34. The summed E-state index contributed by atoms with van der Waals surface area (Å²) in [5.41, 5.74) is 0.573. The Labute approximate surface area is 199 Å². The van der Waals surface area contributed by atoms with Gasteiger partial charge >= 0.3 is 5.97 Å². The lowest BCUT2D eigenvalue weighted by Crippen LogP contribution is -2.49. The van der Waals surface area contributed by atoms with Crippen molar-refractivity contribution in [2.75, 3.05) is 11.9 Å². The summed E-state index contributed by atoms with van der Waals surface area (Å²) in [5, 5.41) is 2.98. The van der Waals surface area contributed by atoms with Crippen LogP contribution in [0.25, 0.3) is 0 Å². The van der Waals surface area contributed by atoms with E-state index >= 15 is 0 Å². The number of halogens is 3. The van der Waals surface area contributed by atoms with Crippen LogP contribution >= 0.6 is 34.8 Å². The molecule has 10 heteroatoms. The van der Waals surface area contributed by atoms with E-state index in [0.717, 1.165) is 4.90 Å². The highest BCUT2D eigenvalue weighted by molar-refractivity contribution is 6.42.